The molecule has 0 spiro atoms. The molecule has 0 fully saturated rings. The molecule has 2 aromatic heterocycles. The van der Waals surface area contributed by atoms with E-state index in [1.165, 1.54) is 99.6 Å². The first-order valence-corrected chi connectivity index (χ1v) is 18.4. The second-order valence-corrected chi connectivity index (χ2v) is 13.4. The van der Waals surface area contributed by atoms with Crippen molar-refractivity contribution in [1.82, 2.24) is 0 Å². The van der Waals surface area contributed by atoms with Crippen LogP contribution >= 0.6 is 22.7 Å². The molecule has 48 heavy (non-hydrogen) atoms. The molecule has 2 aromatic rings. The zero-order valence-corrected chi connectivity index (χ0v) is 35.0. The first-order valence-electron chi connectivity index (χ1n) is 16.6. The zero-order valence-electron chi connectivity index (χ0n) is 29.0. The van der Waals surface area contributed by atoms with Gasteiger partial charge in [0.25, 0.3) is 0 Å². The highest BCUT2D eigenvalue weighted by Crippen LogP contribution is 2.15. The Labute approximate surface area is 328 Å². The summed E-state index contributed by atoms with van der Waals surface area (Å²) in [5, 5.41) is 0. The van der Waals surface area contributed by atoms with Crippen LogP contribution in [0, 0.1) is 13.8 Å². The monoisotopic (exact) mass is 936 g/mol. The van der Waals surface area contributed by atoms with Gasteiger partial charge in [0.1, 0.15) is 13.1 Å². The maximum Gasteiger partial charge on any atom is 0.306 e. The second-order valence-electron chi connectivity index (χ2n) is 11.5. The van der Waals surface area contributed by atoms with Gasteiger partial charge in [0.05, 0.1) is 62.9 Å². The maximum atomic E-state index is 11.7. The largest absolute Gasteiger partial charge is 1.00 e. The van der Waals surface area contributed by atoms with Crippen LogP contribution in [0.2, 0.25) is 0 Å². The molecule has 10 nitrogen and oxygen atoms in total. The maximum absolute atomic E-state index is 11.7. The van der Waals surface area contributed by atoms with Gasteiger partial charge in [-0.1, -0.05) is 61.2 Å². The summed E-state index contributed by atoms with van der Waals surface area (Å²) >= 11 is 3.42. The fourth-order valence-electron chi connectivity index (χ4n) is 5.07. The molecule has 2 heterocycles. The number of unbranched alkanes of at least 4 members (excludes halogenated alkanes) is 9. The van der Waals surface area contributed by atoms with Gasteiger partial charge in [-0.3, -0.25) is 19.2 Å². The van der Waals surface area contributed by atoms with Gasteiger partial charge in [-0.2, -0.15) is 9.13 Å². The van der Waals surface area contributed by atoms with Crippen LogP contribution in [0.3, 0.4) is 0 Å². The van der Waals surface area contributed by atoms with Gasteiger partial charge < -0.3 is 66.9 Å². The van der Waals surface area contributed by atoms with Crippen molar-refractivity contribution in [3.63, 3.8) is 0 Å². The standard InChI is InChI=1S/C34H54N2O8S2.2HI/c1-27-29(19-23-43-33(39)17-15-31(37)41-3)45-25-35(27)21-13-11-9-7-5-6-8-10-12-14-22-36-26-46-30(28(36)2)20-24-44-34(40)18-16-32(38)42-4;;/h25-26H,5-24H2,1-4H3;2*1H/q+2;;/p-2. The number of ether oxygens (including phenoxy) is 4. The average molecular weight is 937 g/mol. The Balaban J connectivity index is 0.0000110. The smallest absolute Gasteiger partial charge is 0.306 e. The third-order valence-corrected chi connectivity index (χ3v) is 10.4. The van der Waals surface area contributed by atoms with E-state index in [4.69, 9.17) is 9.47 Å². The van der Waals surface area contributed by atoms with E-state index in [2.05, 4.69) is 43.5 Å². The van der Waals surface area contributed by atoms with Crippen molar-refractivity contribution in [3.05, 3.63) is 32.2 Å². The van der Waals surface area contributed by atoms with Crippen LogP contribution in [-0.2, 0) is 64.1 Å². The lowest BCUT2D eigenvalue weighted by Crippen LogP contribution is -3.00. The SMILES string of the molecule is COC(=O)CCC(=O)OCCc1sc[n+](CCCCCCCCCCCC[n+]2csc(CCOC(=O)CCC(=O)OC)c2C)c1C.[I-].[I-]. The number of aromatic nitrogens is 2. The number of halogens is 2. The number of esters is 4. The predicted molar refractivity (Wildman–Crippen MR) is 176 cm³/mol. The molecule has 0 saturated carbocycles. The third kappa shape index (κ3) is 19.7. The first kappa shape index (κ1) is 46.6. The number of carbonyl (C=O) groups is 4. The molecule has 0 unspecified atom stereocenters. The van der Waals surface area contributed by atoms with Crippen molar-refractivity contribution in [3.8, 4) is 0 Å². The van der Waals surface area contributed by atoms with Crippen LogP contribution in [0.1, 0.15) is 111 Å². The van der Waals surface area contributed by atoms with Crippen LogP contribution in [0.25, 0.3) is 0 Å². The molecule has 274 valence electrons. The minimum Gasteiger partial charge on any atom is -1.00 e. The highest BCUT2D eigenvalue weighted by Gasteiger charge is 2.17. The Morgan fingerprint density at radius 3 is 1.19 bits per heavy atom. The first-order chi connectivity index (χ1) is 22.2. The van der Waals surface area contributed by atoms with E-state index in [-0.39, 0.29) is 85.6 Å². The number of rotatable bonds is 25. The predicted octanol–water partition coefficient (Wildman–Crippen LogP) is -0.312. The van der Waals surface area contributed by atoms with E-state index in [0.29, 0.717) is 26.1 Å². The lowest BCUT2D eigenvalue weighted by molar-refractivity contribution is -0.698. The van der Waals surface area contributed by atoms with Gasteiger partial charge >= 0.3 is 23.9 Å². The lowest BCUT2D eigenvalue weighted by Gasteiger charge is -2.04. The van der Waals surface area contributed by atoms with Crippen LogP contribution < -0.4 is 57.1 Å². The van der Waals surface area contributed by atoms with Gasteiger partial charge in [0.2, 0.25) is 11.0 Å². The number of methoxy groups -OCH3 is 2. The molecular weight excluding hydrogens is 882 g/mol. The average Bonchev–Trinajstić information content (AvgIpc) is 3.59. The molecule has 14 heteroatoms. The van der Waals surface area contributed by atoms with Crippen molar-refractivity contribution in [2.75, 3.05) is 27.4 Å². The summed E-state index contributed by atoms with van der Waals surface area (Å²) in [5.74, 6) is -1.53. The third-order valence-electron chi connectivity index (χ3n) is 8.07. The Morgan fingerprint density at radius 2 is 0.854 bits per heavy atom. The normalized spacial score (nSPS) is 10.5. The number of hydrogen-bond donors (Lipinski definition) is 0. The zero-order chi connectivity index (χ0) is 33.6. The van der Waals surface area contributed by atoms with Gasteiger partial charge in [-0.25, -0.2) is 0 Å². The van der Waals surface area contributed by atoms with Crippen LogP contribution in [0.15, 0.2) is 11.0 Å². The number of aryl methyl sites for hydroxylation is 2. The van der Waals surface area contributed by atoms with E-state index in [0.717, 1.165) is 13.1 Å². The molecule has 0 aliphatic heterocycles. The Hall–Kier alpha value is -1.40. The Kier molecular flexibility index (Phi) is 27.5. The number of thiazole rings is 2. The van der Waals surface area contributed by atoms with E-state index in [9.17, 15) is 19.2 Å². The molecule has 0 N–H and O–H groups in total. The number of carbonyl (C=O) groups excluding carboxylic acids is 4. The topological polar surface area (TPSA) is 113 Å². The summed E-state index contributed by atoms with van der Waals surface area (Å²) < 4.78 is 24.2. The molecule has 0 amide bonds. The van der Waals surface area contributed by atoms with E-state index in [1.807, 2.05) is 0 Å². The molecule has 0 atom stereocenters. The van der Waals surface area contributed by atoms with E-state index in [1.54, 1.807) is 22.7 Å². The molecule has 0 aromatic carbocycles. The number of nitrogens with zero attached hydrogens (tertiary/aromatic N) is 2. The van der Waals surface area contributed by atoms with Crippen molar-refractivity contribution >= 4 is 46.6 Å². The van der Waals surface area contributed by atoms with Crippen molar-refractivity contribution < 1.29 is 95.2 Å². The van der Waals surface area contributed by atoms with E-state index < -0.39 is 11.9 Å². The molecular formula is C34H54I2N2O8S2. The Bertz CT molecular complexity index is 1130. The molecule has 0 aliphatic rings. The summed E-state index contributed by atoms with van der Waals surface area (Å²) in [6.45, 7) is 6.97. The molecule has 0 radical (unpaired) electrons. The van der Waals surface area contributed by atoms with Crippen LogP contribution in [0.5, 0.6) is 0 Å². The van der Waals surface area contributed by atoms with Crippen molar-refractivity contribution in [1.29, 1.82) is 0 Å². The fourth-order valence-corrected chi connectivity index (χ4v) is 7.09. The van der Waals surface area contributed by atoms with Crippen molar-refractivity contribution in [2.24, 2.45) is 0 Å². The summed E-state index contributed by atoms with van der Waals surface area (Å²) in [7, 11) is 2.62. The summed E-state index contributed by atoms with van der Waals surface area (Å²) in [4.78, 5) is 48.2. The quantitative estimate of drug-likeness (QED) is 0.0439. The number of hydrogen-bond acceptors (Lipinski definition) is 10. The van der Waals surface area contributed by atoms with Crippen LogP contribution in [-0.4, -0.2) is 51.3 Å². The van der Waals surface area contributed by atoms with Gasteiger partial charge in [0.15, 0.2) is 11.4 Å². The van der Waals surface area contributed by atoms with Crippen molar-refractivity contribution in [2.45, 2.75) is 130 Å². The highest BCUT2D eigenvalue weighted by atomic mass is 127. The molecule has 0 saturated heterocycles. The molecule has 2 rings (SSSR count). The summed E-state index contributed by atoms with van der Waals surface area (Å²) in [6.07, 6.45) is 14.2. The lowest BCUT2D eigenvalue weighted by atomic mass is 10.1. The minimum atomic E-state index is -0.400. The summed E-state index contributed by atoms with van der Waals surface area (Å²) in [6, 6.07) is 0. The van der Waals surface area contributed by atoms with Gasteiger partial charge in [0, 0.05) is 39.5 Å². The second kappa shape index (κ2) is 28.3. The van der Waals surface area contributed by atoms with Gasteiger partial charge in [-0.05, 0) is 12.8 Å². The highest BCUT2D eigenvalue weighted by molar-refractivity contribution is 7.09. The van der Waals surface area contributed by atoms with Gasteiger partial charge in [-0.15, -0.1) is 0 Å². The minimum absolute atomic E-state index is 0. The van der Waals surface area contributed by atoms with E-state index >= 15 is 0 Å². The fraction of sp³-hybridized carbons (Fsp3) is 0.706. The Morgan fingerprint density at radius 1 is 0.542 bits per heavy atom. The molecule has 0 aliphatic carbocycles. The summed E-state index contributed by atoms with van der Waals surface area (Å²) in [5.41, 5.74) is 6.82. The molecule has 0 bridgehead atoms. The van der Waals surface area contributed by atoms with Crippen LogP contribution in [0.4, 0.5) is 0 Å².